The van der Waals surface area contributed by atoms with E-state index in [2.05, 4.69) is 10.3 Å². The van der Waals surface area contributed by atoms with Gasteiger partial charge in [0.25, 0.3) is 5.91 Å². The van der Waals surface area contributed by atoms with Gasteiger partial charge in [0.15, 0.2) is 6.61 Å². The SMILES string of the molecule is O=C(COc1cccc(Cl)c1)NCCc1nc2c(s1)CCCC2. The van der Waals surface area contributed by atoms with Gasteiger partial charge in [0.2, 0.25) is 0 Å². The summed E-state index contributed by atoms with van der Waals surface area (Å²) < 4.78 is 5.41. The van der Waals surface area contributed by atoms with Gasteiger partial charge in [0, 0.05) is 22.9 Å². The Bertz CT molecular complexity index is 663. The molecule has 0 fully saturated rings. The Morgan fingerprint density at radius 1 is 1.35 bits per heavy atom. The molecule has 0 radical (unpaired) electrons. The Morgan fingerprint density at radius 2 is 2.22 bits per heavy atom. The van der Waals surface area contributed by atoms with Gasteiger partial charge < -0.3 is 10.1 Å². The van der Waals surface area contributed by atoms with Crippen molar-refractivity contribution in [3.8, 4) is 5.75 Å². The van der Waals surface area contributed by atoms with Crippen molar-refractivity contribution in [3.05, 3.63) is 44.9 Å². The zero-order valence-corrected chi connectivity index (χ0v) is 14.4. The molecule has 1 amide bonds. The average Bonchev–Trinajstić information content (AvgIpc) is 2.96. The number of hydrogen-bond acceptors (Lipinski definition) is 4. The third-order valence-electron chi connectivity index (χ3n) is 3.72. The predicted molar refractivity (Wildman–Crippen MR) is 92.4 cm³/mol. The van der Waals surface area contributed by atoms with E-state index in [-0.39, 0.29) is 12.5 Å². The number of nitrogens with zero attached hydrogens (tertiary/aromatic N) is 1. The number of hydrogen-bond donors (Lipinski definition) is 1. The van der Waals surface area contributed by atoms with Crippen molar-refractivity contribution in [1.82, 2.24) is 10.3 Å². The van der Waals surface area contributed by atoms with Crippen LogP contribution < -0.4 is 10.1 Å². The number of rotatable bonds is 6. The third-order valence-corrected chi connectivity index (χ3v) is 5.17. The molecule has 6 heteroatoms. The van der Waals surface area contributed by atoms with Crippen LogP contribution in [-0.2, 0) is 24.1 Å². The summed E-state index contributed by atoms with van der Waals surface area (Å²) in [5.74, 6) is 0.464. The van der Waals surface area contributed by atoms with Crippen molar-refractivity contribution in [2.24, 2.45) is 0 Å². The molecule has 0 bridgehead atoms. The van der Waals surface area contributed by atoms with Crippen LogP contribution in [0.4, 0.5) is 0 Å². The zero-order valence-electron chi connectivity index (χ0n) is 12.8. The van der Waals surface area contributed by atoms with E-state index < -0.39 is 0 Å². The number of halogens is 1. The van der Waals surface area contributed by atoms with Crippen LogP contribution in [0.5, 0.6) is 5.75 Å². The summed E-state index contributed by atoms with van der Waals surface area (Å²) in [7, 11) is 0. The number of carbonyl (C=O) groups is 1. The fourth-order valence-electron chi connectivity index (χ4n) is 2.58. The first-order valence-electron chi connectivity index (χ1n) is 7.83. The van der Waals surface area contributed by atoms with E-state index >= 15 is 0 Å². The Kier molecular flexibility index (Phi) is 5.51. The van der Waals surface area contributed by atoms with Crippen LogP contribution in [0.15, 0.2) is 24.3 Å². The highest BCUT2D eigenvalue weighted by Crippen LogP contribution is 2.26. The fourth-order valence-corrected chi connectivity index (χ4v) is 3.91. The van der Waals surface area contributed by atoms with Gasteiger partial charge in [-0.25, -0.2) is 4.98 Å². The summed E-state index contributed by atoms with van der Waals surface area (Å²) in [6.07, 6.45) is 5.55. The summed E-state index contributed by atoms with van der Waals surface area (Å²) in [6, 6.07) is 7.02. The number of ether oxygens (including phenoxy) is 1. The first kappa shape index (κ1) is 16.3. The van der Waals surface area contributed by atoms with Gasteiger partial charge in [-0.05, 0) is 43.9 Å². The fraction of sp³-hybridized carbons (Fsp3) is 0.412. The van der Waals surface area contributed by atoms with Gasteiger partial charge in [-0.3, -0.25) is 4.79 Å². The molecule has 1 aromatic heterocycles. The lowest BCUT2D eigenvalue weighted by atomic mass is 10.0. The van der Waals surface area contributed by atoms with E-state index in [9.17, 15) is 4.79 Å². The largest absolute Gasteiger partial charge is 0.484 e. The van der Waals surface area contributed by atoms with E-state index in [0.29, 0.717) is 17.3 Å². The molecule has 23 heavy (non-hydrogen) atoms. The van der Waals surface area contributed by atoms with Crippen LogP contribution in [0.2, 0.25) is 5.02 Å². The molecule has 2 aromatic rings. The molecule has 1 aliphatic carbocycles. The van der Waals surface area contributed by atoms with Crippen molar-refractivity contribution >= 4 is 28.8 Å². The topological polar surface area (TPSA) is 51.2 Å². The monoisotopic (exact) mass is 350 g/mol. The minimum atomic E-state index is -0.133. The maximum absolute atomic E-state index is 11.8. The number of aromatic nitrogens is 1. The van der Waals surface area contributed by atoms with Crippen LogP contribution in [0.1, 0.15) is 28.4 Å². The van der Waals surface area contributed by atoms with Gasteiger partial charge in [-0.2, -0.15) is 0 Å². The second-order valence-electron chi connectivity index (χ2n) is 5.53. The molecule has 0 aliphatic heterocycles. The summed E-state index contributed by atoms with van der Waals surface area (Å²) >= 11 is 7.66. The molecule has 1 heterocycles. The quantitative estimate of drug-likeness (QED) is 0.868. The van der Waals surface area contributed by atoms with Crippen LogP contribution in [-0.4, -0.2) is 24.0 Å². The molecule has 0 spiro atoms. The molecule has 1 aliphatic rings. The first-order valence-corrected chi connectivity index (χ1v) is 9.02. The van der Waals surface area contributed by atoms with E-state index in [1.165, 1.54) is 23.4 Å². The maximum atomic E-state index is 11.8. The standard InChI is InChI=1S/C17H19ClN2O2S/c18-12-4-3-5-13(10-12)22-11-16(21)19-9-8-17-20-14-6-1-2-7-15(14)23-17/h3-5,10H,1-2,6-9,11H2,(H,19,21). The number of benzene rings is 1. The highest BCUT2D eigenvalue weighted by Gasteiger charge is 2.14. The Hall–Kier alpha value is -1.59. The highest BCUT2D eigenvalue weighted by atomic mass is 35.5. The molecular weight excluding hydrogens is 332 g/mol. The van der Waals surface area contributed by atoms with E-state index in [1.54, 1.807) is 35.6 Å². The van der Waals surface area contributed by atoms with Gasteiger partial charge in [0.05, 0.1) is 10.7 Å². The van der Waals surface area contributed by atoms with Crippen LogP contribution in [0.25, 0.3) is 0 Å². The second-order valence-corrected chi connectivity index (χ2v) is 7.14. The highest BCUT2D eigenvalue weighted by molar-refractivity contribution is 7.11. The maximum Gasteiger partial charge on any atom is 0.257 e. The Morgan fingerprint density at radius 3 is 3.04 bits per heavy atom. The van der Waals surface area contributed by atoms with Gasteiger partial charge in [-0.1, -0.05) is 17.7 Å². The summed E-state index contributed by atoms with van der Waals surface area (Å²) in [6.45, 7) is 0.582. The molecule has 122 valence electrons. The summed E-state index contributed by atoms with van der Waals surface area (Å²) in [5, 5.41) is 4.58. The number of fused-ring (bicyclic) bond motifs is 1. The first-order chi connectivity index (χ1) is 11.2. The van der Waals surface area contributed by atoms with Crippen molar-refractivity contribution in [1.29, 1.82) is 0 Å². The van der Waals surface area contributed by atoms with Gasteiger partial charge in [-0.15, -0.1) is 11.3 Å². The predicted octanol–water partition coefficient (Wildman–Crippen LogP) is 3.41. The second kappa shape index (κ2) is 7.79. The minimum absolute atomic E-state index is 0.00525. The smallest absolute Gasteiger partial charge is 0.257 e. The van der Waals surface area contributed by atoms with Crippen molar-refractivity contribution in [3.63, 3.8) is 0 Å². The number of amides is 1. The van der Waals surface area contributed by atoms with Gasteiger partial charge in [0.1, 0.15) is 5.75 Å². The molecule has 0 unspecified atom stereocenters. The molecule has 1 N–H and O–H groups in total. The van der Waals surface area contributed by atoms with E-state index in [1.807, 2.05) is 0 Å². The van der Waals surface area contributed by atoms with Crippen LogP contribution in [0, 0.1) is 0 Å². The Labute approximate surface area is 144 Å². The molecule has 4 nitrogen and oxygen atoms in total. The lowest BCUT2D eigenvalue weighted by molar-refractivity contribution is -0.123. The third kappa shape index (κ3) is 4.69. The minimum Gasteiger partial charge on any atom is -0.484 e. The normalized spacial score (nSPS) is 13.4. The molecule has 0 saturated carbocycles. The van der Waals surface area contributed by atoms with Crippen molar-refractivity contribution in [2.45, 2.75) is 32.1 Å². The molecule has 0 saturated heterocycles. The lowest BCUT2D eigenvalue weighted by Crippen LogP contribution is -2.30. The van der Waals surface area contributed by atoms with E-state index in [4.69, 9.17) is 16.3 Å². The average molecular weight is 351 g/mol. The van der Waals surface area contributed by atoms with Crippen LogP contribution >= 0.6 is 22.9 Å². The van der Waals surface area contributed by atoms with Crippen molar-refractivity contribution < 1.29 is 9.53 Å². The number of nitrogens with one attached hydrogen (secondary N) is 1. The molecule has 0 atom stereocenters. The zero-order chi connectivity index (χ0) is 16.1. The molecular formula is C17H19ClN2O2S. The molecule has 3 rings (SSSR count). The summed E-state index contributed by atoms with van der Waals surface area (Å²) in [5.41, 5.74) is 1.27. The lowest BCUT2D eigenvalue weighted by Gasteiger charge is -2.07. The Balaban J connectivity index is 1.40. The number of thiazole rings is 1. The van der Waals surface area contributed by atoms with Gasteiger partial charge >= 0.3 is 0 Å². The number of carbonyl (C=O) groups excluding carboxylic acids is 1. The molecule has 1 aromatic carbocycles. The van der Waals surface area contributed by atoms with Crippen molar-refractivity contribution in [2.75, 3.05) is 13.2 Å². The summed E-state index contributed by atoms with van der Waals surface area (Å²) in [4.78, 5) is 17.9. The van der Waals surface area contributed by atoms with Crippen LogP contribution in [0.3, 0.4) is 0 Å². The van der Waals surface area contributed by atoms with E-state index in [0.717, 1.165) is 24.3 Å². The number of aryl methyl sites for hydroxylation is 2.